The maximum atomic E-state index is 13.9. The molecule has 1 N–H and O–H groups in total. The van der Waals surface area contributed by atoms with Gasteiger partial charge < -0.3 is 19.5 Å². The fraction of sp³-hybridized carbons (Fsp3) is 0.316. The molecule has 12 heteroatoms. The second-order valence-electron chi connectivity index (χ2n) is 6.97. The summed E-state index contributed by atoms with van der Waals surface area (Å²) in [6, 6.07) is 6.89. The lowest BCUT2D eigenvalue weighted by Crippen LogP contribution is -2.37. The van der Waals surface area contributed by atoms with Crippen molar-refractivity contribution in [1.29, 1.82) is 0 Å². The Morgan fingerprint density at radius 1 is 1.03 bits per heavy atom. The largest absolute Gasteiger partial charge is 0.378 e. The number of fused-ring (bicyclic) bond motifs is 1. The van der Waals surface area contributed by atoms with E-state index in [2.05, 4.69) is 30.2 Å². The van der Waals surface area contributed by atoms with Gasteiger partial charge in [-0.1, -0.05) is 12.1 Å². The van der Waals surface area contributed by atoms with E-state index in [1.54, 1.807) is 41.4 Å². The summed E-state index contributed by atoms with van der Waals surface area (Å²) in [5, 5.41) is 3.09. The SMILES string of the molecule is Cn1cncc1Nc1nc(N2CCOCC2)nc(-n2c(C(F)F)nc3ccccc32)n1. The third-order valence-corrected chi connectivity index (χ3v) is 4.94. The van der Waals surface area contributed by atoms with E-state index in [-0.39, 0.29) is 11.9 Å². The van der Waals surface area contributed by atoms with Crippen LogP contribution in [0.3, 0.4) is 0 Å². The van der Waals surface area contributed by atoms with Gasteiger partial charge in [0.15, 0.2) is 5.82 Å². The number of alkyl halides is 2. The monoisotopic (exact) mass is 427 g/mol. The number of benzene rings is 1. The molecule has 5 rings (SSSR count). The predicted molar refractivity (Wildman–Crippen MR) is 109 cm³/mol. The van der Waals surface area contributed by atoms with Gasteiger partial charge in [-0.25, -0.2) is 18.7 Å². The molecule has 4 heterocycles. The van der Waals surface area contributed by atoms with Crippen LogP contribution in [0.1, 0.15) is 12.2 Å². The maximum Gasteiger partial charge on any atom is 0.296 e. The first-order valence-electron chi connectivity index (χ1n) is 9.68. The van der Waals surface area contributed by atoms with E-state index in [9.17, 15) is 8.78 Å². The molecule has 10 nitrogen and oxygen atoms in total. The summed E-state index contributed by atoms with van der Waals surface area (Å²) in [5.74, 6) is 0.871. The number of hydrogen-bond donors (Lipinski definition) is 1. The van der Waals surface area contributed by atoms with Crippen molar-refractivity contribution in [3.63, 3.8) is 0 Å². The fourth-order valence-electron chi connectivity index (χ4n) is 3.41. The Balaban J connectivity index is 1.67. The van der Waals surface area contributed by atoms with Crippen LogP contribution in [0.15, 0.2) is 36.8 Å². The Morgan fingerprint density at radius 3 is 2.55 bits per heavy atom. The molecule has 0 bridgehead atoms. The zero-order valence-electron chi connectivity index (χ0n) is 16.6. The number of morpholine rings is 1. The fourth-order valence-corrected chi connectivity index (χ4v) is 3.41. The first-order chi connectivity index (χ1) is 15.1. The van der Waals surface area contributed by atoms with Crippen molar-refractivity contribution in [2.24, 2.45) is 7.05 Å². The Bertz CT molecular complexity index is 1220. The van der Waals surface area contributed by atoms with E-state index >= 15 is 0 Å². The molecule has 0 aliphatic carbocycles. The molecule has 1 aliphatic heterocycles. The van der Waals surface area contributed by atoms with E-state index in [0.717, 1.165) is 0 Å². The number of anilines is 3. The van der Waals surface area contributed by atoms with Gasteiger partial charge in [-0.3, -0.25) is 4.57 Å². The Labute approximate surface area is 175 Å². The van der Waals surface area contributed by atoms with Gasteiger partial charge in [-0.05, 0) is 12.1 Å². The topological polar surface area (TPSA) is 98.8 Å². The van der Waals surface area contributed by atoms with Gasteiger partial charge in [0.2, 0.25) is 17.8 Å². The summed E-state index contributed by atoms with van der Waals surface area (Å²) in [6.45, 7) is 2.23. The van der Waals surface area contributed by atoms with Crippen molar-refractivity contribution in [2.75, 3.05) is 36.5 Å². The van der Waals surface area contributed by atoms with Crippen LogP contribution in [-0.2, 0) is 11.8 Å². The average molecular weight is 427 g/mol. The van der Waals surface area contributed by atoms with Crippen molar-refractivity contribution < 1.29 is 13.5 Å². The highest BCUT2D eigenvalue weighted by Gasteiger charge is 2.24. The summed E-state index contributed by atoms with van der Waals surface area (Å²) in [5.41, 5.74) is 0.927. The first kappa shape index (κ1) is 19.3. The van der Waals surface area contributed by atoms with Crippen molar-refractivity contribution in [2.45, 2.75) is 6.43 Å². The van der Waals surface area contributed by atoms with E-state index in [1.165, 1.54) is 4.57 Å². The lowest BCUT2D eigenvalue weighted by Gasteiger charge is -2.27. The third-order valence-electron chi connectivity index (χ3n) is 4.94. The Kier molecular flexibility index (Phi) is 4.90. The lowest BCUT2D eigenvalue weighted by atomic mass is 10.3. The highest BCUT2D eigenvalue weighted by Crippen LogP contribution is 2.28. The van der Waals surface area contributed by atoms with Crippen molar-refractivity contribution in [1.82, 2.24) is 34.1 Å². The van der Waals surface area contributed by atoms with Crippen LogP contribution < -0.4 is 10.2 Å². The highest BCUT2D eigenvalue weighted by molar-refractivity contribution is 5.77. The molecule has 1 aliphatic rings. The number of rotatable bonds is 5. The van der Waals surface area contributed by atoms with Gasteiger partial charge >= 0.3 is 0 Å². The zero-order valence-corrected chi connectivity index (χ0v) is 16.6. The summed E-state index contributed by atoms with van der Waals surface area (Å²) < 4.78 is 36.2. The van der Waals surface area contributed by atoms with Crippen LogP contribution in [0.4, 0.5) is 26.5 Å². The van der Waals surface area contributed by atoms with Gasteiger partial charge in [0.25, 0.3) is 6.43 Å². The molecular weight excluding hydrogens is 408 g/mol. The lowest BCUT2D eigenvalue weighted by molar-refractivity contribution is 0.122. The van der Waals surface area contributed by atoms with E-state index in [1.807, 2.05) is 11.9 Å². The van der Waals surface area contributed by atoms with Crippen LogP contribution in [0, 0.1) is 0 Å². The summed E-state index contributed by atoms with van der Waals surface area (Å²) in [7, 11) is 1.82. The molecule has 1 aromatic carbocycles. The molecule has 0 radical (unpaired) electrons. The quantitative estimate of drug-likeness (QED) is 0.519. The first-order valence-corrected chi connectivity index (χ1v) is 9.68. The molecule has 160 valence electrons. The van der Waals surface area contributed by atoms with E-state index in [4.69, 9.17) is 4.74 Å². The standard InChI is InChI=1S/C19H19F2N9O/c1-28-11-22-10-14(28)24-17-25-18(29-6-8-31-9-7-29)27-19(26-17)30-13-5-3-2-4-12(13)23-16(30)15(20)21/h2-5,10-11,15H,6-9H2,1H3,(H,24,25,26,27). The van der Waals surface area contributed by atoms with Gasteiger partial charge in [0, 0.05) is 20.1 Å². The third kappa shape index (κ3) is 3.65. The van der Waals surface area contributed by atoms with Gasteiger partial charge in [-0.2, -0.15) is 15.0 Å². The molecule has 1 saturated heterocycles. The van der Waals surface area contributed by atoms with Crippen molar-refractivity contribution in [3.05, 3.63) is 42.6 Å². The minimum atomic E-state index is -2.80. The minimum Gasteiger partial charge on any atom is -0.378 e. The van der Waals surface area contributed by atoms with Crippen LogP contribution in [-0.4, -0.2) is 60.4 Å². The number of halogens is 2. The van der Waals surface area contributed by atoms with E-state index < -0.39 is 12.2 Å². The molecule has 0 atom stereocenters. The molecule has 0 unspecified atom stereocenters. The summed E-state index contributed by atoms with van der Waals surface area (Å²) >= 11 is 0. The Morgan fingerprint density at radius 2 is 1.81 bits per heavy atom. The second kappa shape index (κ2) is 7.87. The number of nitrogens with zero attached hydrogens (tertiary/aromatic N) is 8. The molecule has 0 spiro atoms. The van der Waals surface area contributed by atoms with Crippen LogP contribution in [0.25, 0.3) is 17.0 Å². The molecule has 31 heavy (non-hydrogen) atoms. The molecule has 0 amide bonds. The van der Waals surface area contributed by atoms with Crippen molar-refractivity contribution >= 4 is 28.7 Å². The predicted octanol–water partition coefficient (Wildman–Crippen LogP) is 2.46. The number of para-hydroxylation sites is 2. The number of aryl methyl sites for hydroxylation is 1. The number of imidazole rings is 2. The van der Waals surface area contributed by atoms with Crippen LogP contribution in [0.5, 0.6) is 0 Å². The maximum absolute atomic E-state index is 13.9. The van der Waals surface area contributed by atoms with Gasteiger partial charge in [0.1, 0.15) is 5.82 Å². The summed E-state index contributed by atoms with van der Waals surface area (Å²) in [6.07, 6.45) is 0.449. The molecule has 4 aromatic rings. The zero-order chi connectivity index (χ0) is 21.4. The number of aromatic nitrogens is 7. The molecular formula is C19H19F2N9O. The van der Waals surface area contributed by atoms with Gasteiger partial charge in [-0.15, -0.1) is 0 Å². The van der Waals surface area contributed by atoms with Crippen LogP contribution in [0.2, 0.25) is 0 Å². The highest BCUT2D eigenvalue weighted by atomic mass is 19.3. The van der Waals surface area contributed by atoms with Crippen molar-refractivity contribution in [3.8, 4) is 5.95 Å². The molecule has 1 fully saturated rings. The number of ether oxygens (including phenoxy) is 1. The van der Waals surface area contributed by atoms with E-state index in [0.29, 0.717) is 49.1 Å². The molecule has 0 saturated carbocycles. The smallest absolute Gasteiger partial charge is 0.296 e. The minimum absolute atomic E-state index is 0.0603. The summed E-state index contributed by atoms with van der Waals surface area (Å²) in [4.78, 5) is 23.6. The average Bonchev–Trinajstić information content (AvgIpc) is 3.38. The van der Waals surface area contributed by atoms with Gasteiger partial charge in [0.05, 0.1) is 36.8 Å². The second-order valence-corrected chi connectivity index (χ2v) is 6.97. The Hall–Kier alpha value is -3.67. The normalized spacial score (nSPS) is 14.5. The molecule has 3 aromatic heterocycles. The number of nitrogens with one attached hydrogen (secondary N) is 1. The van der Waals surface area contributed by atoms with Crippen LogP contribution >= 0.6 is 0 Å². The number of hydrogen-bond acceptors (Lipinski definition) is 8.